The van der Waals surface area contributed by atoms with E-state index in [1.807, 2.05) is 36.4 Å². The van der Waals surface area contributed by atoms with Gasteiger partial charge in [-0.1, -0.05) is 72.8 Å². The van der Waals surface area contributed by atoms with E-state index >= 15 is 0 Å². The molecule has 0 amide bonds. The monoisotopic (exact) mass is 624 g/mol. The number of nitriles is 2. The Morgan fingerprint density at radius 2 is 1.02 bits per heavy atom. The zero-order valence-electron chi connectivity index (χ0n) is 26.1. The highest BCUT2D eigenvalue weighted by Gasteiger charge is 2.18. The second-order valence-electron chi connectivity index (χ2n) is 12.4. The second kappa shape index (κ2) is 10.2. The van der Waals surface area contributed by atoms with E-state index in [-0.39, 0.29) is 0 Å². The van der Waals surface area contributed by atoms with Crippen LogP contribution < -0.4 is 0 Å². The summed E-state index contributed by atoms with van der Waals surface area (Å²) in [5, 5.41) is 25.7. The Labute approximate surface area is 280 Å². The molecule has 0 atom stereocenters. The summed E-state index contributed by atoms with van der Waals surface area (Å²) in [5.74, 6) is 0. The SMILES string of the molecule is N#Cc1ccc2c(c1)c1ccccc1n2-c1cccc(-c2cccc(-n3c4ccccc4c4cc5c(cc43)oc3c(C#N)cccc35)c2)c1. The zero-order valence-corrected chi connectivity index (χ0v) is 26.1. The maximum absolute atomic E-state index is 9.72. The van der Waals surface area contributed by atoms with Crippen molar-refractivity contribution in [2.75, 3.05) is 0 Å². The van der Waals surface area contributed by atoms with Crippen molar-refractivity contribution in [1.29, 1.82) is 10.5 Å². The molecule has 226 valence electrons. The fourth-order valence-corrected chi connectivity index (χ4v) is 7.60. The third-order valence-electron chi connectivity index (χ3n) is 9.76. The average Bonchev–Trinajstić information content (AvgIpc) is 3.81. The lowest BCUT2D eigenvalue weighted by molar-refractivity contribution is 0.668. The predicted molar refractivity (Wildman–Crippen MR) is 197 cm³/mol. The standard InChI is InChI=1S/C44H24N4O/c45-25-27-18-19-41-36(20-27)33-13-1-3-16-39(33)47(41)31-11-5-8-28(21-31)29-9-6-12-32(22-29)48-40-17-4-2-14-34(40)37-23-38-35-15-7-10-30(26-46)44(35)49-43(38)24-42(37)48/h1-24H. The van der Waals surface area contributed by atoms with Crippen molar-refractivity contribution in [1.82, 2.24) is 9.13 Å². The van der Waals surface area contributed by atoms with Crippen LogP contribution in [0.5, 0.6) is 0 Å². The number of furan rings is 1. The molecule has 7 aromatic carbocycles. The fraction of sp³-hybridized carbons (Fsp3) is 0. The van der Waals surface area contributed by atoms with E-state index in [4.69, 9.17) is 4.42 Å². The highest BCUT2D eigenvalue weighted by molar-refractivity contribution is 6.18. The molecule has 5 heteroatoms. The van der Waals surface area contributed by atoms with Crippen molar-refractivity contribution in [2.24, 2.45) is 0 Å². The Kier molecular flexibility index (Phi) is 5.64. The summed E-state index contributed by atoms with van der Waals surface area (Å²) in [6.07, 6.45) is 0. The van der Waals surface area contributed by atoms with Crippen LogP contribution in [-0.4, -0.2) is 9.13 Å². The summed E-state index contributed by atoms with van der Waals surface area (Å²) in [5.41, 5.74) is 11.2. The van der Waals surface area contributed by atoms with Gasteiger partial charge >= 0.3 is 0 Å². The molecule has 10 aromatic rings. The lowest BCUT2D eigenvalue weighted by Gasteiger charge is -2.12. The van der Waals surface area contributed by atoms with Crippen LogP contribution in [0.2, 0.25) is 0 Å². The summed E-state index contributed by atoms with van der Waals surface area (Å²) in [6, 6.07) is 54.7. The molecular weight excluding hydrogens is 601 g/mol. The van der Waals surface area contributed by atoms with Crippen molar-refractivity contribution in [3.8, 4) is 34.6 Å². The maximum Gasteiger partial charge on any atom is 0.153 e. The maximum atomic E-state index is 9.72. The number of rotatable bonds is 3. The number of fused-ring (bicyclic) bond motifs is 9. The summed E-state index contributed by atoms with van der Waals surface area (Å²) < 4.78 is 10.9. The zero-order chi connectivity index (χ0) is 32.6. The summed E-state index contributed by atoms with van der Waals surface area (Å²) in [6.45, 7) is 0. The Hall–Kier alpha value is -7.08. The predicted octanol–water partition coefficient (Wildman–Crippen LogP) is 11.2. The molecule has 10 rings (SSSR count). The van der Waals surface area contributed by atoms with Gasteiger partial charge in [-0.2, -0.15) is 10.5 Å². The van der Waals surface area contributed by atoms with Gasteiger partial charge in [0.25, 0.3) is 0 Å². The Morgan fingerprint density at radius 1 is 0.429 bits per heavy atom. The lowest BCUT2D eigenvalue weighted by Crippen LogP contribution is -1.96. The van der Waals surface area contributed by atoms with Crippen molar-refractivity contribution in [3.63, 3.8) is 0 Å². The van der Waals surface area contributed by atoms with E-state index < -0.39 is 0 Å². The minimum Gasteiger partial charge on any atom is -0.455 e. The third kappa shape index (κ3) is 3.91. The van der Waals surface area contributed by atoms with E-state index in [2.05, 4.69) is 124 Å². The summed E-state index contributed by atoms with van der Waals surface area (Å²) in [7, 11) is 0. The second-order valence-corrected chi connectivity index (χ2v) is 12.4. The minimum atomic E-state index is 0.536. The minimum absolute atomic E-state index is 0.536. The highest BCUT2D eigenvalue weighted by atomic mass is 16.3. The van der Waals surface area contributed by atoms with Gasteiger partial charge in [-0.15, -0.1) is 0 Å². The molecule has 0 bridgehead atoms. The van der Waals surface area contributed by atoms with Gasteiger partial charge in [0.1, 0.15) is 11.7 Å². The topological polar surface area (TPSA) is 70.6 Å². The van der Waals surface area contributed by atoms with Crippen molar-refractivity contribution < 1.29 is 4.42 Å². The van der Waals surface area contributed by atoms with Crippen molar-refractivity contribution >= 4 is 65.6 Å². The average molecular weight is 625 g/mol. The van der Waals surface area contributed by atoms with Gasteiger partial charge in [0.05, 0.1) is 39.3 Å². The number of aromatic nitrogens is 2. The van der Waals surface area contributed by atoms with Gasteiger partial charge in [-0.25, -0.2) is 0 Å². The molecule has 5 nitrogen and oxygen atoms in total. The van der Waals surface area contributed by atoms with Crippen molar-refractivity contribution in [2.45, 2.75) is 0 Å². The van der Waals surface area contributed by atoms with Crippen LogP contribution in [0.3, 0.4) is 0 Å². The van der Waals surface area contributed by atoms with Gasteiger partial charge in [0.15, 0.2) is 5.58 Å². The molecule has 49 heavy (non-hydrogen) atoms. The lowest BCUT2D eigenvalue weighted by atomic mass is 10.0. The number of hydrogen-bond donors (Lipinski definition) is 0. The van der Waals surface area contributed by atoms with Crippen LogP contribution in [0.1, 0.15) is 11.1 Å². The molecule has 3 heterocycles. The quantitative estimate of drug-likeness (QED) is 0.196. The molecule has 0 fully saturated rings. The first-order valence-corrected chi connectivity index (χ1v) is 16.1. The third-order valence-corrected chi connectivity index (χ3v) is 9.76. The first-order valence-electron chi connectivity index (χ1n) is 16.1. The Balaban J connectivity index is 1.16. The molecule has 0 unspecified atom stereocenters. The van der Waals surface area contributed by atoms with E-state index in [1.54, 1.807) is 6.07 Å². The molecule has 0 aliphatic rings. The van der Waals surface area contributed by atoms with Crippen LogP contribution in [0.4, 0.5) is 0 Å². The Morgan fingerprint density at radius 3 is 1.69 bits per heavy atom. The van der Waals surface area contributed by atoms with Gasteiger partial charge < -0.3 is 13.6 Å². The van der Waals surface area contributed by atoms with Gasteiger partial charge in [-0.3, -0.25) is 0 Å². The largest absolute Gasteiger partial charge is 0.455 e. The molecule has 0 radical (unpaired) electrons. The molecule has 0 aliphatic heterocycles. The molecule has 0 aliphatic carbocycles. The molecule has 3 aromatic heterocycles. The van der Waals surface area contributed by atoms with E-state index in [1.165, 1.54) is 0 Å². The molecule has 0 saturated heterocycles. The number of benzene rings is 7. The van der Waals surface area contributed by atoms with E-state index in [0.29, 0.717) is 16.7 Å². The molecular formula is C44H24N4O. The van der Waals surface area contributed by atoms with Crippen LogP contribution in [0.15, 0.2) is 150 Å². The number of nitrogens with zero attached hydrogens (tertiary/aromatic N) is 4. The summed E-state index contributed by atoms with van der Waals surface area (Å²) in [4.78, 5) is 0. The summed E-state index contributed by atoms with van der Waals surface area (Å²) >= 11 is 0. The first-order chi connectivity index (χ1) is 24.2. The van der Waals surface area contributed by atoms with E-state index in [0.717, 1.165) is 82.5 Å². The van der Waals surface area contributed by atoms with E-state index in [9.17, 15) is 10.5 Å². The van der Waals surface area contributed by atoms with Crippen LogP contribution in [0, 0.1) is 22.7 Å². The fourth-order valence-electron chi connectivity index (χ4n) is 7.60. The molecule has 0 spiro atoms. The number of hydrogen-bond acceptors (Lipinski definition) is 3. The van der Waals surface area contributed by atoms with Crippen molar-refractivity contribution in [3.05, 3.63) is 157 Å². The van der Waals surface area contributed by atoms with Gasteiger partial charge in [-0.05, 0) is 77.9 Å². The first kappa shape index (κ1) is 27.1. The number of para-hydroxylation sites is 3. The van der Waals surface area contributed by atoms with Crippen LogP contribution in [-0.2, 0) is 0 Å². The van der Waals surface area contributed by atoms with Crippen LogP contribution in [0.25, 0.3) is 88.1 Å². The normalized spacial score (nSPS) is 11.6. The smallest absolute Gasteiger partial charge is 0.153 e. The highest BCUT2D eigenvalue weighted by Crippen LogP contribution is 2.40. The molecule has 0 saturated carbocycles. The van der Waals surface area contributed by atoms with Gasteiger partial charge in [0.2, 0.25) is 0 Å². The molecule has 0 N–H and O–H groups in total. The van der Waals surface area contributed by atoms with Gasteiger partial charge in [0, 0.05) is 49.8 Å². The van der Waals surface area contributed by atoms with Crippen LogP contribution >= 0.6 is 0 Å². The Bertz CT molecular complexity index is 3090.